The second-order valence-electron chi connectivity index (χ2n) is 7.39. The Labute approximate surface area is 183 Å². The molecule has 1 aliphatic rings. The quantitative estimate of drug-likeness (QED) is 0.392. The van der Waals surface area contributed by atoms with E-state index in [2.05, 4.69) is 10.0 Å². The molecule has 2 rings (SSSR count). The smallest absolute Gasteiger partial charge is 0.337 e. The van der Waals surface area contributed by atoms with Crippen LogP contribution in [0.1, 0.15) is 16.8 Å². The van der Waals surface area contributed by atoms with Gasteiger partial charge in [0.25, 0.3) is 0 Å². The minimum absolute atomic E-state index is 0.0169. The fourth-order valence-electron chi connectivity index (χ4n) is 3.14. The summed E-state index contributed by atoms with van der Waals surface area (Å²) in [5.74, 6) is -1.19. The predicted molar refractivity (Wildman–Crippen MR) is 118 cm³/mol. The number of hydrogen-bond donors (Lipinski definition) is 3. The van der Waals surface area contributed by atoms with Gasteiger partial charge in [0, 0.05) is 60.5 Å². The van der Waals surface area contributed by atoms with Gasteiger partial charge >= 0.3 is 16.2 Å². The van der Waals surface area contributed by atoms with Crippen molar-refractivity contribution in [1.82, 2.24) is 14.5 Å². The first-order chi connectivity index (χ1) is 14.6. The monoisotopic (exact) mass is 457 g/mol. The highest BCUT2D eigenvalue weighted by Crippen LogP contribution is 2.26. The van der Waals surface area contributed by atoms with E-state index in [4.69, 9.17) is 4.74 Å². The number of methoxy groups -OCH3 is 1. The van der Waals surface area contributed by atoms with Crippen molar-refractivity contribution in [3.63, 3.8) is 0 Å². The molecule has 11 nitrogen and oxygen atoms in total. The Balaban J connectivity index is 1.98. The Hall–Kier alpha value is -2.41. The number of rotatable bonds is 11. The van der Waals surface area contributed by atoms with Gasteiger partial charge in [-0.15, -0.1) is 0 Å². The first kappa shape index (κ1) is 24.9. The van der Waals surface area contributed by atoms with E-state index in [9.17, 15) is 23.1 Å². The third kappa shape index (κ3) is 7.35. The van der Waals surface area contributed by atoms with Crippen molar-refractivity contribution in [2.24, 2.45) is 0 Å². The number of carboxylic acid groups (broad SMARTS) is 1. The van der Waals surface area contributed by atoms with Crippen LogP contribution in [-0.4, -0.2) is 102 Å². The summed E-state index contributed by atoms with van der Waals surface area (Å²) in [6, 6.07) is 4.47. The molecule has 12 heteroatoms. The molecule has 0 bridgehead atoms. The number of anilines is 2. The molecule has 1 aromatic rings. The molecule has 1 aromatic carbocycles. The van der Waals surface area contributed by atoms with E-state index in [-0.39, 0.29) is 23.7 Å². The number of nitrogens with zero attached hydrogens (tertiary/aromatic N) is 3. The molecule has 0 unspecified atom stereocenters. The molecular weight excluding hydrogens is 426 g/mol. The van der Waals surface area contributed by atoms with Crippen molar-refractivity contribution in [3.8, 4) is 0 Å². The Kier molecular flexibility index (Phi) is 9.04. The highest BCUT2D eigenvalue weighted by Gasteiger charge is 2.23. The first-order valence-electron chi connectivity index (χ1n) is 9.94. The number of benzene rings is 1. The standard InChI is InChI=1S/C19H31N5O6S/c1-22(2)31(28,29)21-15-5-6-17(16(13-15)19(26)27)24-10-8-23(9-11-24)14-18(25)20-7-4-12-30-3/h5-6,13,21H,4,7-12,14H2,1-3H3,(H,20,25)(H,26,27). The largest absolute Gasteiger partial charge is 0.478 e. The molecule has 0 saturated carbocycles. The Bertz CT molecular complexity index is 869. The van der Waals surface area contributed by atoms with E-state index >= 15 is 0 Å². The van der Waals surface area contributed by atoms with Crippen molar-refractivity contribution in [2.45, 2.75) is 6.42 Å². The van der Waals surface area contributed by atoms with Gasteiger partial charge in [-0.2, -0.15) is 12.7 Å². The highest BCUT2D eigenvalue weighted by molar-refractivity contribution is 7.90. The summed E-state index contributed by atoms with van der Waals surface area (Å²) in [5, 5.41) is 12.5. The number of aromatic carboxylic acids is 1. The lowest BCUT2D eigenvalue weighted by Gasteiger charge is -2.36. The van der Waals surface area contributed by atoms with Crippen molar-refractivity contribution in [2.75, 3.05) is 76.7 Å². The van der Waals surface area contributed by atoms with Crippen LogP contribution in [0, 0.1) is 0 Å². The molecule has 0 atom stereocenters. The lowest BCUT2D eigenvalue weighted by atomic mass is 10.1. The van der Waals surface area contributed by atoms with Crippen LogP contribution in [-0.2, 0) is 19.7 Å². The van der Waals surface area contributed by atoms with Crippen LogP contribution in [0.5, 0.6) is 0 Å². The van der Waals surface area contributed by atoms with Gasteiger partial charge in [0.1, 0.15) is 0 Å². The van der Waals surface area contributed by atoms with E-state index in [1.807, 2.05) is 9.80 Å². The second-order valence-corrected chi connectivity index (χ2v) is 9.27. The van der Waals surface area contributed by atoms with Gasteiger partial charge in [0.15, 0.2) is 0 Å². The Morgan fingerprint density at radius 1 is 1.19 bits per heavy atom. The summed E-state index contributed by atoms with van der Waals surface area (Å²) in [4.78, 5) is 27.8. The number of nitrogens with one attached hydrogen (secondary N) is 2. The van der Waals surface area contributed by atoms with Gasteiger partial charge in [-0.3, -0.25) is 14.4 Å². The van der Waals surface area contributed by atoms with Gasteiger partial charge in [0.2, 0.25) is 5.91 Å². The van der Waals surface area contributed by atoms with Crippen LogP contribution >= 0.6 is 0 Å². The molecule has 1 heterocycles. The lowest BCUT2D eigenvalue weighted by Crippen LogP contribution is -2.50. The van der Waals surface area contributed by atoms with Crippen molar-refractivity contribution in [1.29, 1.82) is 0 Å². The van der Waals surface area contributed by atoms with E-state index in [1.54, 1.807) is 19.2 Å². The minimum atomic E-state index is -3.74. The predicted octanol–water partition coefficient (Wildman–Crippen LogP) is -0.122. The fraction of sp³-hybridized carbons (Fsp3) is 0.579. The summed E-state index contributed by atoms with van der Waals surface area (Å²) in [6.45, 7) is 3.79. The summed E-state index contributed by atoms with van der Waals surface area (Å²) >= 11 is 0. The molecule has 174 valence electrons. The first-order valence-corrected chi connectivity index (χ1v) is 11.4. The minimum Gasteiger partial charge on any atom is -0.478 e. The normalized spacial score (nSPS) is 15.2. The zero-order chi connectivity index (χ0) is 23.0. The third-order valence-corrected chi connectivity index (χ3v) is 6.34. The van der Waals surface area contributed by atoms with Gasteiger partial charge in [-0.1, -0.05) is 0 Å². The molecule has 3 N–H and O–H groups in total. The van der Waals surface area contributed by atoms with Gasteiger partial charge < -0.3 is 20.1 Å². The van der Waals surface area contributed by atoms with E-state index < -0.39 is 16.2 Å². The maximum absolute atomic E-state index is 12.0. The zero-order valence-corrected chi connectivity index (χ0v) is 18.9. The van der Waals surface area contributed by atoms with Crippen LogP contribution in [0.15, 0.2) is 18.2 Å². The number of carbonyl (C=O) groups excluding carboxylic acids is 1. The lowest BCUT2D eigenvalue weighted by molar-refractivity contribution is -0.122. The molecule has 0 aromatic heterocycles. The van der Waals surface area contributed by atoms with Crippen molar-refractivity contribution >= 4 is 33.5 Å². The maximum atomic E-state index is 12.0. The summed E-state index contributed by atoms with van der Waals surface area (Å²) < 4.78 is 32.3. The van der Waals surface area contributed by atoms with Gasteiger partial charge in [0.05, 0.1) is 23.5 Å². The Morgan fingerprint density at radius 2 is 1.87 bits per heavy atom. The van der Waals surface area contributed by atoms with E-state index in [0.29, 0.717) is 45.0 Å². The second kappa shape index (κ2) is 11.3. The summed E-state index contributed by atoms with van der Waals surface area (Å²) in [6.07, 6.45) is 0.759. The maximum Gasteiger partial charge on any atom is 0.337 e. The van der Waals surface area contributed by atoms with Crippen LogP contribution in [0.4, 0.5) is 11.4 Å². The van der Waals surface area contributed by atoms with Crippen molar-refractivity contribution < 1.29 is 27.9 Å². The number of hydrogen-bond acceptors (Lipinski definition) is 7. The number of carboxylic acids is 1. The average molecular weight is 458 g/mol. The third-order valence-electron chi connectivity index (χ3n) is 4.88. The fourth-order valence-corrected chi connectivity index (χ4v) is 3.74. The van der Waals surface area contributed by atoms with Gasteiger partial charge in [-0.05, 0) is 24.6 Å². The number of carbonyl (C=O) groups is 2. The number of amides is 1. The average Bonchev–Trinajstić information content (AvgIpc) is 2.71. The van der Waals surface area contributed by atoms with E-state index in [0.717, 1.165) is 10.7 Å². The number of piperazine rings is 1. The molecular formula is C19H31N5O6S. The molecule has 0 spiro atoms. The molecule has 1 fully saturated rings. The van der Waals surface area contributed by atoms with Crippen LogP contribution in [0.25, 0.3) is 0 Å². The molecule has 0 aliphatic carbocycles. The number of ether oxygens (including phenoxy) is 1. The SMILES string of the molecule is COCCCNC(=O)CN1CCN(c2ccc(NS(=O)(=O)N(C)C)cc2C(=O)O)CC1. The molecule has 1 saturated heterocycles. The Morgan fingerprint density at radius 3 is 2.45 bits per heavy atom. The van der Waals surface area contributed by atoms with Crippen LogP contribution < -0.4 is 14.9 Å². The van der Waals surface area contributed by atoms with Gasteiger partial charge in [-0.25, -0.2) is 4.79 Å². The zero-order valence-electron chi connectivity index (χ0n) is 18.1. The van der Waals surface area contributed by atoms with Crippen LogP contribution in [0.3, 0.4) is 0 Å². The molecule has 0 radical (unpaired) electrons. The van der Waals surface area contributed by atoms with Crippen molar-refractivity contribution in [3.05, 3.63) is 23.8 Å². The highest BCUT2D eigenvalue weighted by atomic mass is 32.2. The summed E-state index contributed by atoms with van der Waals surface area (Å²) in [7, 11) is 0.649. The topological polar surface area (TPSA) is 132 Å². The molecule has 1 amide bonds. The van der Waals surface area contributed by atoms with E-state index in [1.165, 1.54) is 20.2 Å². The molecule has 31 heavy (non-hydrogen) atoms. The van der Waals surface area contributed by atoms with Crippen LogP contribution in [0.2, 0.25) is 0 Å². The summed E-state index contributed by atoms with van der Waals surface area (Å²) in [5.41, 5.74) is 0.714. The molecule has 1 aliphatic heterocycles.